The van der Waals surface area contributed by atoms with E-state index in [4.69, 9.17) is 28.4 Å². The number of allylic oxidation sites excluding steroid dienone is 9. The minimum Gasteiger partial charge on any atom is -0.394 e. The molecule has 17 atom stereocenters. The molecule has 0 radical (unpaired) electrons. The fourth-order valence-electron chi connectivity index (χ4n) is 8.91. The Balaban J connectivity index is 1.57. The highest BCUT2D eigenvalue weighted by Gasteiger charge is 2.53. The molecule has 0 aliphatic carbocycles. The maximum Gasteiger partial charge on any atom is 0.224 e. The number of aliphatic hydroxyl groups excluding tert-OH is 11. The van der Waals surface area contributed by atoms with Gasteiger partial charge in [-0.2, -0.15) is 0 Å². The molecule has 1 amide bonds. The number of nitrogens with one attached hydrogen (secondary N) is 1. The van der Waals surface area contributed by atoms with Crippen LogP contribution in [0.2, 0.25) is 0 Å². The second kappa shape index (κ2) is 38.1. The van der Waals surface area contributed by atoms with E-state index >= 15 is 0 Å². The molecule has 19 nitrogen and oxygen atoms in total. The van der Waals surface area contributed by atoms with Crippen molar-refractivity contribution < 1.29 is 89.4 Å². The van der Waals surface area contributed by atoms with Crippen molar-refractivity contribution in [1.29, 1.82) is 0 Å². The van der Waals surface area contributed by atoms with Crippen LogP contribution < -0.4 is 5.32 Å². The lowest BCUT2D eigenvalue weighted by atomic mass is 9.96. The van der Waals surface area contributed by atoms with Gasteiger partial charge >= 0.3 is 0 Å². The van der Waals surface area contributed by atoms with Crippen molar-refractivity contribution in [2.45, 2.75) is 247 Å². The Labute approximate surface area is 433 Å². The summed E-state index contributed by atoms with van der Waals surface area (Å²) >= 11 is 0. The fourth-order valence-corrected chi connectivity index (χ4v) is 8.91. The number of amides is 1. The van der Waals surface area contributed by atoms with E-state index in [1.165, 1.54) is 57.8 Å². The summed E-state index contributed by atoms with van der Waals surface area (Å²) in [4.78, 5) is 13.2. The molecular weight excluding hydrogens is 951 g/mol. The van der Waals surface area contributed by atoms with Crippen molar-refractivity contribution in [2.75, 3.05) is 26.4 Å². The van der Waals surface area contributed by atoms with E-state index in [-0.39, 0.29) is 18.9 Å². The van der Waals surface area contributed by atoms with Crippen LogP contribution in [0, 0.1) is 0 Å². The van der Waals surface area contributed by atoms with E-state index in [0.717, 1.165) is 44.9 Å². The summed E-state index contributed by atoms with van der Waals surface area (Å²) in [6.45, 7) is 1.56. The Morgan fingerprint density at radius 2 is 0.890 bits per heavy atom. The van der Waals surface area contributed by atoms with Gasteiger partial charge in [0, 0.05) is 6.42 Å². The minimum atomic E-state index is -1.98. The first-order valence-electron chi connectivity index (χ1n) is 27.0. The monoisotopic (exact) mass is 1040 g/mol. The second-order valence-corrected chi connectivity index (χ2v) is 19.3. The third-order valence-electron chi connectivity index (χ3n) is 13.4. The molecule has 3 fully saturated rings. The molecule has 17 unspecified atom stereocenters. The highest BCUT2D eigenvalue weighted by atomic mass is 16.8. The normalized spacial score (nSPS) is 32.2. The maximum absolute atomic E-state index is 13.2. The van der Waals surface area contributed by atoms with Crippen LogP contribution in [0.5, 0.6) is 0 Å². The molecule has 3 rings (SSSR count). The van der Waals surface area contributed by atoms with Crippen molar-refractivity contribution in [3.8, 4) is 0 Å². The highest BCUT2D eigenvalue weighted by Crippen LogP contribution is 2.33. The SMILES string of the molecule is CC/C=C\C/C=C\C/C=C\C/C=C\C/C=C\CC(=O)NC(COC1OC(CO)C(OC2OC(CO)C(OC3OC(CO)C(O)C(O)C3O)C(O)C2O)C(O)C1O)C(O)CCCCCCCCCCCCCCC. The number of unbranched alkanes of at least 4 members (excludes halogenated alkanes) is 12. The van der Waals surface area contributed by atoms with Crippen LogP contribution in [-0.2, 0) is 33.2 Å². The largest absolute Gasteiger partial charge is 0.394 e. The molecule has 3 aliphatic heterocycles. The molecule has 3 heterocycles. The second-order valence-electron chi connectivity index (χ2n) is 19.3. The lowest BCUT2D eigenvalue weighted by Gasteiger charge is -2.48. The van der Waals surface area contributed by atoms with Gasteiger partial charge in [-0.3, -0.25) is 4.79 Å². The van der Waals surface area contributed by atoms with Gasteiger partial charge in [-0.15, -0.1) is 0 Å². The molecule has 3 saturated heterocycles. The lowest BCUT2D eigenvalue weighted by Crippen LogP contribution is -2.66. The van der Waals surface area contributed by atoms with Gasteiger partial charge in [0.25, 0.3) is 0 Å². The molecule has 73 heavy (non-hydrogen) atoms. The Morgan fingerprint density at radius 3 is 1.36 bits per heavy atom. The Morgan fingerprint density at radius 1 is 0.493 bits per heavy atom. The quantitative estimate of drug-likeness (QED) is 0.0315. The third-order valence-corrected chi connectivity index (χ3v) is 13.4. The number of carbonyl (C=O) groups excluding carboxylic acids is 1. The molecule has 0 bridgehead atoms. The number of rotatable bonds is 37. The summed E-state index contributed by atoms with van der Waals surface area (Å²) in [7, 11) is 0. The van der Waals surface area contributed by atoms with Gasteiger partial charge in [-0.25, -0.2) is 0 Å². The maximum atomic E-state index is 13.2. The zero-order chi connectivity index (χ0) is 53.4. The molecule has 0 aromatic carbocycles. The fraction of sp³-hybridized carbons (Fsp3) is 0.796. The van der Waals surface area contributed by atoms with Crippen molar-refractivity contribution in [1.82, 2.24) is 5.32 Å². The van der Waals surface area contributed by atoms with Crippen molar-refractivity contribution >= 4 is 5.91 Å². The molecular formula is C54H93NO18. The van der Waals surface area contributed by atoms with Gasteiger partial charge in [-0.05, 0) is 38.5 Å². The molecule has 12 N–H and O–H groups in total. The van der Waals surface area contributed by atoms with Gasteiger partial charge < -0.3 is 89.9 Å². The van der Waals surface area contributed by atoms with Gasteiger partial charge in [0.2, 0.25) is 5.91 Å². The van der Waals surface area contributed by atoms with E-state index in [0.29, 0.717) is 19.3 Å². The zero-order valence-corrected chi connectivity index (χ0v) is 43.3. The lowest BCUT2D eigenvalue weighted by molar-refractivity contribution is -0.379. The average Bonchev–Trinajstić information content (AvgIpc) is 3.39. The van der Waals surface area contributed by atoms with Crippen LogP contribution >= 0.6 is 0 Å². The molecule has 0 aromatic rings. The van der Waals surface area contributed by atoms with Gasteiger partial charge in [-0.1, -0.05) is 158 Å². The Hall–Kier alpha value is -2.51. The van der Waals surface area contributed by atoms with Crippen LogP contribution in [-0.4, -0.2) is 193 Å². The van der Waals surface area contributed by atoms with Crippen molar-refractivity contribution in [3.63, 3.8) is 0 Å². The van der Waals surface area contributed by atoms with E-state index < -0.39 is 124 Å². The molecule has 0 spiro atoms. The highest BCUT2D eigenvalue weighted by molar-refractivity contribution is 5.77. The van der Waals surface area contributed by atoms with Crippen molar-refractivity contribution in [3.05, 3.63) is 60.8 Å². The predicted octanol–water partition coefficient (Wildman–Crippen LogP) is 2.92. The number of hydrogen-bond acceptors (Lipinski definition) is 18. The first-order valence-corrected chi connectivity index (χ1v) is 27.0. The summed E-state index contributed by atoms with van der Waals surface area (Å²) in [6, 6.07) is -0.942. The van der Waals surface area contributed by atoms with Crippen LogP contribution in [0.4, 0.5) is 0 Å². The summed E-state index contributed by atoms with van der Waals surface area (Å²) in [5.74, 6) is -0.374. The van der Waals surface area contributed by atoms with Gasteiger partial charge in [0.15, 0.2) is 18.9 Å². The number of hydrogen-bond donors (Lipinski definition) is 12. The summed E-state index contributed by atoms with van der Waals surface area (Å²) in [6.07, 6.45) is 13.5. The van der Waals surface area contributed by atoms with Crippen LogP contribution in [0.15, 0.2) is 60.8 Å². The zero-order valence-electron chi connectivity index (χ0n) is 43.3. The first-order chi connectivity index (χ1) is 35.3. The van der Waals surface area contributed by atoms with E-state index in [9.17, 15) is 61.0 Å². The molecule has 0 saturated carbocycles. The first kappa shape index (κ1) is 64.8. The van der Waals surface area contributed by atoms with Gasteiger partial charge in [0.05, 0.1) is 38.6 Å². The van der Waals surface area contributed by atoms with Crippen LogP contribution in [0.1, 0.15) is 142 Å². The summed E-state index contributed by atoms with van der Waals surface area (Å²) < 4.78 is 34.1. The topological polar surface area (TPSA) is 307 Å². The Kier molecular flexibility index (Phi) is 33.8. The smallest absolute Gasteiger partial charge is 0.224 e. The minimum absolute atomic E-state index is 0.0316. The number of aliphatic hydroxyl groups is 11. The predicted molar refractivity (Wildman–Crippen MR) is 272 cm³/mol. The number of carbonyl (C=O) groups is 1. The molecule has 422 valence electrons. The van der Waals surface area contributed by atoms with Crippen LogP contribution in [0.25, 0.3) is 0 Å². The third kappa shape index (κ3) is 23.3. The summed E-state index contributed by atoms with van der Waals surface area (Å²) in [5, 5.41) is 120. The van der Waals surface area contributed by atoms with E-state index in [2.05, 4.69) is 61.7 Å². The van der Waals surface area contributed by atoms with Crippen molar-refractivity contribution in [2.24, 2.45) is 0 Å². The summed E-state index contributed by atoms with van der Waals surface area (Å²) in [5.41, 5.74) is 0. The molecule has 3 aliphatic rings. The Bertz CT molecular complexity index is 1580. The van der Waals surface area contributed by atoms with E-state index in [1.807, 2.05) is 12.2 Å². The number of ether oxygens (including phenoxy) is 6. The average molecular weight is 1040 g/mol. The molecule has 0 aromatic heterocycles. The van der Waals surface area contributed by atoms with E-state index in [1.54, 1.807) is 6.08 Å². The molecule has 19 heteroatoms. The standard InChI is InChI=1S/C54H93NO18/c1-3-5-7-9-11-13-15-17-18-20-22-24-26-28-30-32-42(60)55-37(38(59)31-29-27-25-23-21-19-16-14-12-10-8-6-4-2)36-68-52-48(66)45(63)50(40(34-57)70-52)73-54-49(67)46(64)51(41(35-58)71-54)72-53-47(65)44(62)43(61)39(33-56)69-53/h5,7,11,13,17-18,22,24,28,30,37-41,43-54,56-59,61-67H,3-4,6,8-10,12,14-16,19-21,23,25-27,29,31-36H2,1-2H3,(H,55,60)/b7-5-,13-11-,18-17-,24-22-,30-28-. The van der Waals surface area contributed by atoms with Crippen LogP contribution in [0.3, 0.4) is 0 Å². The van der Waals surface area contributed by atoms with Gasteiger partial charge in [0.1, 0.15) is 73.2 Å².